The van der Waals surface area contributed by atoms with Crippen molar-refractivity contribution in [1.82, 2.24) is 14.9 Å². The van der Waals surface area contributed by atoms with E-state index in [4.69, 9.17) is 15.3 Å². The van der Waals surface area contributed by atoms with Gasteiger partial charge in [0.05, 0.1) is 5.69 Å². The van der Waals surface area contributed by atoms with E-state index in [-0.39, 0.29) is 30.7 Å². The summed E-state index contributed by atoms with van der Waals surface area (Å²) in [5, 5.41) is 16.1. The Kier molecular flexibility index (Phi) is 6.31. The van der Waals surface area contributed by atoms with Gasteiger partial charge in [-0.05, 0) is 44.2 Å². The SMILES string of the molecule is N=CCC1CC(N2CCC(Oc3cc(CCO)nc(C(F)(F)F)n3)CC2)C1. The number of hydrogen-bond acceptors (Lipinski definition) is 6. The third kappa shape index (κ3) is 5.16. The summed E-state index contributed by atoms with van der Waals surface area (Å²) in [7, 11) is 0. The second-order valence-electron chi connectivity index (χ2n) is 7.28. The van der Waals surface area contributed by atoms with Crippen LogP contribution >= 0.6 is 0 Å². The van der Waals surface area contributed by atoms with Crippen LogP contribution in [-0.4, -0.2) is 58.0 Å². The molecule has 0 radical (unpaired) electrons. The number of likely N-dealkylation sites (tertiary alicyclic amines) is 1. The molecule has 0 spiro atoms. The van der Waals surface area contributed by atoms with Gasteiger partial charge in [0, 0.05) is 38.2 Å². The molecule has 2 heterocycles. The lowest BCUT2D eigenvalue weighted by molar-refractivity contribution is -0.145. The molecule has 9 heteroatoms. The van der Waals surface area contributed by atoms with Gasteiger partial charge < -0.3 is 20.2 Å². The maximum Gasteiger partial charge on any atom is 0.451 e. The van der Waals surface area contributed by atoms with Crippen molar-refractivity contribution in [3.05, 3.63) is 17.6 Å². The lowest BCUT2D eigenvalue weighted by atomic mass is 9.77. The Morgan fingerprint density at radius 3 is 2.56 bits per heavy atom. The summed E-state index contributed by atoms with van der Waals surface area (Å²) in [6.45, 7) is 1.42. The summed E-state index contributed by atoms with van der Waals surface area (Å²) >= 11 is 0. The molecule has 1 aliphatic carbocycles. The van der Waals surface area contributed by atoms with Gasteiger partial charge in [-0.1, -0.05) is 0 Å². The third-order valence-electron chi connectivity index (χ3n) is 5.32. The molecule has 1 aromatic rings. The van der Waals surface area contributed by atoms with Gasteiger partial charge >= 0.3 is 6.18 Å². The van der Waals surface area contributed by atoms with Crippen LogP contribution in [0.4, 0.5) is 13.2 Å². The first-order valence-corrected chi connectivity index (χ1v) is 9.34. The van der Waals surface area contributed by atoms with Crippen molar-refractivity contribution in [2.75, 3.05) is 19.7 Å². The maximum atomic E-state index is 13.0. The van der Waals surface area contributed by atoms with Crippen molar-refractivity contribution in [2.24, 2.45) is 5.92 Å². The number of aromatic nitrogens is 2. The zero-order valence-corrected chi connectivity index (χ0v) is 15.1. The van der Waals surface area contributed by atoms with Gasteiger partial charge in [0.15, 0.2) is 0 Å². The molecular formula is C18H25F3N4O2. The van der Waals surface area contributed by atoms with Crippen LogP contribution in [0, 0.1) is 11.3 Å². The molecule has 2 fully saturated rings. The molecule has 150 valence electrons. The Morgan fingerprint density at radius 1 is 1.26 bits per heavy atom. The minimum Gasteiger partial charge on any atom is -0.474 e. The maximum absolute atomic E-state index is 13.0. The van der Waals surface area contributed by atoms with Crippen molar-refractivity contribution >= 4 is 6.21 Å². The van der Waals surface area contributed by atoms with Crippen molar-refractivity contribution in [1.29, 1.82) is 5.41 Å². The number of halogens is 3. The van der Waals surface area contributed by atoms with Gasteiger partial charge in [-0.25, -0.2) is 4.98 Å². The number of hydrogen-bond donors (Lipinski definition) is 2. The molecule has 0 amide bonds. The monoisotopic (exact) mass is 386 g/mol. The van der Waals surface area contributed by atoms with Crippen LogP contribution in [0.15, 0.2) is 6.07 Å². The van der Waals surface area contributed by atoms with Crippen LogP contribution in [0.3, 0.4) is 0 Å². The molecular weight excluding hydrogens is 361 g/mol. The number of piperidine rings is 1. The molecule has 1 aromatic heterocycles. The van der Waals surface area contributed by atoms with Crippen molar-refractivity contribution in [3.8, 4) is 5.88 Å². The van der Waals surface area contributed by atoms with E-state index in [0.717, 1.165) is 45.2 Å². The van der Waals surface area contributed by atoms with Crippen LogP contribution in [0.5, 0.6) is 5.88 Å². The van der Waals surface area contributed by atoms with Gasteiger partial charge in [-0.2, -0.15) is 18.2 Å². The van der Waals surface area contributed by atoms with Crippen LogP contribution in [0.1, 0.15) is 43.6 Å². The molecule has 1 saturated heterocycles. The highest BCUT2D eigenvalue weighted by Crippen LogP contribution is 2.35. The number of aliphatic hydroxyl groups is 1. The summed E-state index contributed by atoms with van der Waals surface area (Å²) in [6.07, 6.45) is 1.25. The molecule has 1 aliphatic heterocycles. The van der Waals surface area contributed by atoms with Crippen LogP contribution in [-0.2, 0) is 12.6 Å². The Bertz CT molecular complexity index is 642. The predicted molar refractivity (Wildman–Crippen MR) is 93.0 cm³/mol. The van der Waals surface area contributed by atoms with E-state index in [9.17, 15) is 13.2 Å². The van der Waals surface area contributed by atoms with Crippen LogP contribution < -0.4 is 4.74 Å². The molecule has 2 N–H and O–H groups in total. The Balaban J connectivity index is 1.55. The number of alkyl halides is 3. The molecule has 0 unspecified atom stereocenters. The summed E-state index contributed by atoms with van der Waals surface area (Å²) in [5.41, 5.74) is 0.124. The number of rotatable bonds is 7. The van der Waals surface area contributed by atoms with E-state index in [2.05, 4.69) is 14.9 Å². The van der Waals surface area contributed by atoms with Gasteiger partial charge in [0.2, 0.25) is 11.7 Å². The highest BCUT2D eigenvalue weighted by Gasteiger charge is 2.37. The van der Waals surface area contributed by atoms with Crippen LogP contribution in [0.2, 0.25) is 0 Å². The predicted octanol–water partition coefficient (Wildman–Crippen LogP) is 2.69. The summed E-state index contributed by atoms with van der Waals surface area (Å²) in [5.74, 6) is -0.685. The first-order chi connectivity index (χ1) is 12.9. The van der Waals surface area contributed by atoms with E-state index in [1.165, 1.54) is 12.3 Å². The second kappa shape index (κ2) is 8.52. The lowest BCUT2D eigenvalue weighted by Gasteiger charge is -2.45. The first-order valence-electron chi connectivity index (χ1n) is 9.34. The fourth-order valence-corrected chi connectivity index (χ4v) is 3.79. The highest BCUT2D eigenvalue weighted by molar-refractivity contribution is 5.53. The van der Waals surface area contributed by atoms with E-state index in [1.807, 2.05) is 0 Å². The summed E-state index contributed by atoms with van der Waals surface area (Å²) in [4.78, 5) is 9.40. The molecule has 0 aromatic carbocycles. The fraction of sp³-hybridized carbons (Fsp3) is 0.722. The van der Waals surface area contributed by atoms with Crippen LogP contribution in [0.25, 0.3) is 0 Å². The number of nitrogens with zero attached hydrogens (tertiary/aromatic N) is 3. The Labute approximate surface area is 156 Å². The Morgan fingerprint density at radius 2 is 1.96 bits per heavy atom. The van der Waals surface area contributed by atoms with Gasteiger partial charge in [-0.3, -0.25) is 0 Å². The molecule has 0 atom stereocenters. The molecule has 27 heavy (non-hydrogen) atoms. The highest BCUT2D eigenvalue weighted by atomic mass is 19.4. The molecule has 3 rings (SSSR count). The third-order valence-corrected chi connectivity index (χ3v) is 5.32. The number of ether oxygens (including phenoxy) is 1. The normalized spacial score (nSPS) is 24.4. The van der Waals surface area contributed by atoms with Crippen molar-refractivity contribution < 1.29 is 23.0 Å². The summed E-state index contributed by atoms with van der Waals surface area (Å²) < 4.78 is 44.7. The first kappa shape index (κ1) is 20.0. The minimum atomic E-state index is -4.65. The fourth-order valence-electron chi connectivity index (χ4n) is 3.79. The van der Waals surface area contributed by atoms with Gasteiger partial charge in [0.1, 0.15) is 6.10 Å². The average molecular weight is 386 g/mol. The quantitative estimate of drug-likeness (QED) is 0.704. The van der Waals surface area contributed by atoms with E-state index >= 15 is 0 Å². The van der Waals surface area contributed by atoms with Crippen molar-refractivity contribution in [3.63, 3.8) is 0 Å². The largest absolute Gasteiger partial charge is 0.474 e. The molecule has 2 aliphatic rings. The molecule has 1 saturated carbocycles. The van der Waals surface area contributed by atoms with E-state index in [0.29, 0.717) is 12.0 Å². The molecule has 6 nitrogen and oxygen atoms in total. The standard InChI is InChI=1S/C18H25F3N4O2/c19-18(20,21)17-23-13(4-8-26)11-16(24-17)27-15-2-6-25(7-3-15)14-9-12(10-14)1-5-22/h5,11-12,14-15,22,26H,1-4,6-10H2. The Hall–Kier alpha value is -1.74. The van der Waals surface area contributed by atoms with Gasteiger partial charge in [-0.15, -0.1) is 0 Å². The minimum absolute atomic E-state index is 0.0268. The average Bonchev–Trinajstić information content (AvgIpc) is 2.58. The van der Waals surface area contributed by atoms with E-state index in [1.54, 1.807) is 0 Å². The van der Waals surface area contributed by atoms with Gasteiger partial charge in [0.25, 0.3) is 0 Å². The van der Waals surface area contributed by atoms with Crippen molar-refractivity contribution in [2.45, 2.75) is 56.8 Å². The second-order valence-corrected chi connectivity index (χ2v) is 7.28. The van der Waals surface area contributed by atoms with E-state index < -0.39 is 12.0 Å². The summed E-state index contributed by atoms with van der Waals surface area (Å²) in [6, 6.07) is 1.94. The lowest BCUT2D eigenvalue weighted by Crippen LogP contribution is -2.49. The zero-order chi connectivity index (χ0) is 19.4. The smallest absolute Gasteiger partial charge is 0.451 e. The number of aliphatic hydroxyl groups excluding tert-OH is 1. The topological polar surface area (TPSA) is 82.3 Å². The molecule has 0 bridgehead atoms. The zero-order valence-electron chi connectivity index (χ0n) is 15.1. The number of nitrogens with one attached hydrogen (secondary N) is 1.